The molecular weight excluding hydrogens is 120 g/mol. The Balaban J connectivity index is 2.55. The molecule has 0 fully saturated rings. The Morgan fingerprint density at radius 3 is 2.30 bits per heavy atom. The zero-order valence-electron chi connectivity index (χ0n) is 7.52. The van der Waals surface area contributed by atoms with Crippen molar-refractivity contribution in [3.05, 3.63) is 11.6 Å². The minimum Gasteiger partial charge on any atom is -0.0825 e. The summed E-state index contributed by atoms with van der Waals surface area (Å²) in [6.45, 7) is 9.24. The molecule has 0 heteroatoms. The van der Waals surface area contributed by atoms with E-state index in [9.17, 15) is 0 Å². The Hall–Kier alpha value is -0.260. The summed E-state index contributed by atoms with van der Waals surface area (Å²) in [5, 5.41) is 0. The normalized spacial score (nSPS) is 33.1. The highest BCUT2D eigenvalue weighted by Gasteiger charge is 2.24. The highest BCUT2D eigenvalue weighted by molar-refractivity contribution is 5.10. The third-order valence-corrected chi connectivity index (χ3v) is 2.64. The number of hydrogen-bond acceptors (Lipinski definition) is 0. The molecule has 0 heterocycles. The molecule has 1 aliphatic rings. The fourth-order valence-electron chi connectivity index (χ4n) is 2.04. The summed E-state index contributed by atoms with van der Waals surface area (Å²) < 4.78 is 0. The highest BCUT2D eigenvalue weighted by atomic mass is 14.3. The predicted molar refractivity (Wildman–Crippen MR) is 45.9 cm³/mol. The Morgan fingerprint density at radius 2 is 2.10 bits per heavy atom. The highest BCUT2D eigenvalue weighted by Crippen LogP contribution is 2.34. The summed E-state index contributed by atoms with van der Waals surface area (Å²) in [6, 6.07) is 0. The van der Waals surface area contributed by atoms with Crippen LogP contribution in [0.3, 0.4) is 0 Å². The maximum atomic E-state index is 2.42. The van der Waals surface area contributed by atoms with Crippen LogP contribution in [0, 0.1) is 17.8 Å². The number of rotatable bonds is 1. The van der Waals surface area contributed by atoms with Crippen molar-refractivity contribution < 1.29 is 0 Å². The fraction of sp³-hybridized carbons (Fsp3) is 0.800. The molecule has 2 atom stereocenters. The molecule has 0 amide bonds. The lowest BCUT2D eigenvalue weighted by molar-refractivity contribution is 0.332. The summed E-state index contributed by atoms with van der Waals surface area (Å²) in [7, 11) is 0. The topological polar surface area (TPSA) is 0 Å². The standard InChI is InChI=1S/C10H18/c1-7(2)10-6-8(3)5-9(10)4/h5,7,9-10H,6H2,1-4H3. The molecule has 0 nitrogen and oxygen atoms in total. The van der Waals surface area contributed by atoms with Gasteiger partial charge in [0.1, 0.15) is 0 Å². The lowest BCUT2D eigenvalue weighted by Crippen LogP contribution is -2.11. The van der Waals surface area contributed by atoms with Crippen LogP contribution in [0.1, 0.15) is 34.1 Å². The molecule has 0 aliphatic heterocycles. The van der Waals surface area contributed by atoms with Gasteiger partial charge in [-0.25, -0.2) is 0 Å². The zero-order chi connectivity index (χ0) is 7.72. The number of allylic oxidation sites excluding steroid dienone is 2. The van der Waals surface area contributed by atoms with Crippen LogP contribution >= 0.6 is 0 Å². The summed E-state index contributed by atoms with van der Waals surface area (Å²) in [4.78, 5) is 0. The molecule has 0 spiro atoms. The average molecular weight is 138 g/mol. The van der Waals surface area contributed by atoms with Crippen molar-refractivity contribution in [2.75, 3.05) is 0 Å². The first-order valence-corrected chi connectivity index (χ1v) is 4.28. The fourth-order valence-corrected chi connectivity index (χ4v) is 2.04. The van der Waals surface area contributed by atoms with Gasteiger partial charge in [-0.15, -0.1) is 0 Å². The Labute approximate surface area is 64.3 Å². The molecule has 0 N–H and O–H groups in total. The quantitative estimate of drug-likeness (QED) is 0.488. The van der Waals surface area contributed by atoms with Crippen molar-refractivity contribution in [2.24, 2.45) is 17.8 Å². The minimum absolute atomic E-state index is 0.819. The van der Waals surface area contributed by atoms with E-state index in [4.69, 9.17) is 0 Å². The lowest BCUT2D eigenvalue weighted by atomic mass is 9.86. The molecular formula is C10H18. The van der Waals surface area contributed by atoms with Crippen molar-refractivity contribution >= 4 is 0 Å². The Morgan fingerprint density at radius 1 is 1.50 bits per heavy atom. The first kappa shape index (κ1) is 7.84. The Kier molecular flexibility index (Phi) is 2.18. The van der Waals surface area contributed by atoms with Gasteiger partial charge in [-0.05, 0) is 31.1 Å². The monoisotopic (exact) mass is 138 g/mol. The number of hydrogen-bond donors (Lipinski definition) is 0. The van der Waals surface area contributed by atoms with Crippen molar-refractivity contribution in [3.63, 3.8) is 0 Å². The van der Waals surface area contributed by atoms with Crippen LogP contribution < -0.4 is 0 Å². The van der Waals surface area contributed by atoms with Crippen LogP contribution in [-0.2, 0) is 0 Å². The molecule has 58 valence electrons. The van der Waals surface area contributed by atoms with Crippen LogP contribution in [0.15, 0.2) is 11.6 Å². The molecule has 0 radical (unpaired) electrons. The van der Waals surface area contributed by atoms with Crippen molar-refractivity contribution in [1.29, 1.82) is 0 Å². The molecule has 10 heavy (non-hydrogen) atoms. The molecule has 2 unspecified atom stereocenters. The maximum Gasteiger partial charge on any atom is -0.0226 e. The third-order valence-electron chi connectivity index (χ3n) is 2.64. The molecule has 0 aromatic heterocycles. The van der Waals surface area contributed by atoms with Gasteiger partial charge in [0.25, 0.3) is 0 Å². The molecule has 1 rings (SSSR count). The van der Waals surface area contributed by atoms with E-state index in [1.807, 2.05) is 0 Å². The molecule has 0 bridgehead atoms. The van der Waals surface area contributed by atoms with E-state index in [1.165, 1.54) is 6.42 Å². The zero-order valence-corrected chi connectivity index (χ0v) is 7.52. The first-order chi connectivity index (χ1) is 4.61. The van der Waals surface area contributed by atoms with Gasteiger partial charge < -0.3 is 0 Å². The molecule has 0 saturated heterocycles. The van der Waals surface area contributed by atoms with E-state index >= 15 is 0 Å². The van der Waals surface area contributed by atoms with E-state index in [0.717, 1.165) is 17.8 Å². The summed E-state index contributed by atoms with van der Waals surface area (Å²) in [6.07, 6.45) is 3.75. The second-order valence-electron chi connectivity index (χ2n) is 3.98. The van der Waals surface area contributed by atoms with Crippen LogP contribution in [-0.4, -0.2) is 0 Å². The van der Waals surface area contributed by atoms with E-state index in [2.05, 4.69) is 33.8 Å². The van der Waals surface area contributed by atoms with E-state index < -0.39 is 0 Å². The maximum absolute atomic E-state index is 2.42. The Bertz CT molecular complexity index is 142. The van der Waals surface area contributed by atoms with Gasteiger partial charge in [0.2, 0.25) is 0 Å². The van der Waals surface area contributed by atoms with Crippen LogP contribution in [0.4, 0.5) is 0 Å². The van der Waals surface area contributed by atoms with Gasteiger partial charge in [0, 0.05) is 0 Å². The summed E-state index contributed by atoms with van der Waals surface area (Å²) >= 11 is 0. The SMILES string of the molecule is CC1=CC(C)C(C(C)C)C1. The molecule has 0 aromatic rings. The predicted octanol–water partition coefficient (Wildman–Crippen LogP) is 3.24. The lowest BCUT2D eigenvalue weighted by Gasteiger charge is -2.19. The summed E-state index contributed by atoms with van der Waals surface area (Å²) in [5.74, 6) is 2.59. The van der Waals surface area contributed by atoms with Crippen molar-refractivity contribution in [1.82, 2.24) is 0 Å². The first-order valence-electron chi connectivity index (χ1n) is 4.28. The van der Waals surface area contributed by atoms with Gasteiger partial charge in [-0.2, -0.15) is 0 Å². The minimum atomic E-state index is 0.819. The molecule has 0 saturated carbocycles. The average Bonchev–Trinajstić information content (AvgIpc) is 2.10. The van der Waals surface area contributed by atoms with Crippen molar-refractivity contribution in [3.8, 4) is 0 Å². The molecule has 1 aliphatic carbocycles. The second-order valence-corrected chi connectivity index (χ2v) is 3.98. The largest absolute Gasteiger partial charge is 0.0825 e. The smallest absolute Gasteiger partial charge is 0.0226 e. The van der Waals surface area contributed by atoms with Crippen molar-refractivity contribution in [2.45, 2.75) is 34.1 Å². The van der Waals surface area contributed by atoms with Gasteiger partial charge >= 0.3 is 0 Å². The van der Waals surface area contributed by atoms with Crippen LogP contribution in [0.2, 0.25) is 0 Å². The molecule has 0 aromatic carbocycles. The third kappa shape index (κ3) is 1.42. The van der Waals surface area contributed by atoms with Gasteiger partial charge in [0.05, 0.1) is 0 Å². The van der Waals surface area contributed by atoms with Crippen LogP contribution in [0.25, 0.3) is 0 Å². The summed E-state index contributed by atoms with van der Waals surface area (Å²) in [5.41, 5.74) is 1.59. The van der Waals surface area contributed by atoms with E-state index in [1.54, 1.807) is 5.57 Å². The van der Waals surface area contributed by atoms with Gasteiger partial charge in [-0.1, -0.05) is 32.4 Å². The van der Waals surface area contributed by atoms with Crippen LogP contribution in [0.5, 0.6) is 0 Å². The second kappa shape index (κ2) is 2.77. The van der Waals surface area contributed by atoms with Gasteiger partial charge in [-0.3, -0.25) is 0 Å². The van der Waals surface area contributed by atoms with E-state index in [0.29, 0.717) is 0 Å². The van der Waals surface area contributed by atoms with E-state index in [-0.39, 0.29) is 0 Å². The van der Waals surface area contributed by atoms with Gasteiger partial charge in [0.15, 0.2) is 0 Å².